The van der Waals surface area contributed by atoms with E-state index in [0.29, 0.717) is 4.88 Å². The van der Waals surface area contributed by atoms with Crippen LogP contribution in [0.5, 0.6) is 11.5 Å². The lowest BCUT2D eigenvalue weighted by atomic mass is 10.0. The van der Waals surface area contributed by atoms with Gasteiger partial charge in [0, 0.05) is 23.3 Å². The van der Waals surface area contributed by atoms with Gasteiger partial charge in [0.05, 0.1) is 9.58 Å². The molecule has 25 heavy (non-hydrogen) atoms. The Morgan fingerprint density at radius 3 is 2.40 bits per heavy atom. The molecule has 0 aliphatic rings. The van der Waals surface area contributed by atoms with Crippen LogP contribution in [0.2, 0.25) is 0 Å². The first kappa shape index (κ1) is 15.4. The van der Waals surface area contributed by atoms with Gasteiger partial charge in [-0.1, -0.05) is 30.3 Å². The highest BCUT2D eigenvalue weighted by Gasteiger charge is 2.11. The number of pyridine rings is 1. The summed E-state index contributed by atoms with van der Waals surface area (Å²) >= 11 is 1.36. The van der Waals surface area contributed by atoms with E-state index in [0.717, 1.165) is 32.7 Å². The Hall–Kier alpha value is -3.18. The summed E-state index contributed by atoms with van der Waals surface area (Å²) in [6.07, 6.45) is 3.55. The molecular weight excluding hydrogens is 332 g/mol. The number of thiophene rings is 1. The number of hydrogen-bond donors (Lipinski definition) is 1. The fourth-order valence-electron chi connectivity index (χ4n) is 2.64. The molecule has 0 radical (unpaired) electrons. The zero-order valence-corrected chi connectivity index (χ0v) is 14.0. The van der Waals surface area contributed by atoms with E-state index in [1.54, 1.807) is 12.4 Å². The lowest BCUT2D eigenvalue weighted by Crippen LogP contribution is -2.08. The minimum atomic E-state index is -0.418. The van der Waals surface area contributed by atoms with Gasteiger partial charge in [-0.05, 0) is 35.9 Å². The topological polar surface area (TPSA) is 65.2 Å². The van der Waals surface area contributed by atoms with Crippen molar-refractivity contribution >= 4 is 27.3 Å². The van der Waals surface area contributed by atoms with E-state index < -0.39 is 5.91 Å². The predicted octanol–water partition coefficient (Wildman–Crippen LogP) is 4.85. The first-order valence-electron chi connectivity index (χ1n) is 7.71. The SMILES string of the molecule is NC(=O)c1cc2c(-c3ccc(Oc4ccccc4)cc3)cncc2s1. The van der Waals surface area contributed by atoms with E-state index in [9.17, 15) is 4.79 Å². The second-order valence-electron chi connectivity index (χ2n) is 5.51. The highest BCUT2D eigenvalue weighted by Crippen LogP contribution is 2.34. The van der Waals surface area contributed by atoms with Crippen molar-refractivity contribution in [2.45, 2.75) is 0 Å². The van der Waals surface area contributed by atoms with Gasteiger partial charge in [0.15, 0.2) is 0 Å². The van der Waals surface area contributed by atoms with Crippen LogP contribution in [0.15, 0.2) is 73.1 Å². The summed E-state index contributed by atoms with van der Waals surface area (Å²) in [6.45, 7) is 0. The molecule has 2 aromatic carbocycles. The molecule has 0 aliphatic carbocycles. The van der Waals surface area contributed by atoms with Crippen molar-refractivity contribution in [3.05, 3.63) is 77.9 Å². The van der Waals surface area contributed by atoms with Crippen LogP contribution in [-0.2, 0) is 0 Å². The number of amides is 1. The summed E-state index contributed by atoms with van der Waals surface area (Å²) in [5.41, 5.74) is 7.37. The number of ether oxygens (including phenoxy) is 1. The van der Waals surface area contributed by atoms with Gasteiger partial charge in [-0.25, -0.2) is 0 Å². The van der Waals surface area contributed by atoms with E-state index in [1.807, 2.05) is 60.7 Å². The summed E-state index contributed by atoms with van der Waals surface area (Å²) in [7, 11) is 0. The smallest absolute Gasteiger partial charge is 0.258 e. The fraction of sp³-hybridized carbons (Fsp3) is 0. The van der Waals surface area contributed by atoms with Crippen LogP contribution < -0.4 is 10.5 Å². The molecule has 4 aromatic rings. The van der Waals surface area contributed by atoms with E-state index in [2.05, 4.69) is 4.98 Å². The first-order chi connectivity index (χ1) is 12.2. The van der Waals surface area contributed by atoms with Gasteiger partial charge in [-0.3, -0.25) is 9.78 Å². The number of primary amides is 1. The summed E-state index contributed by atoms with van der Waals surface area (Å²) in [5, 5.41) is 0.977. The number of nitrogens with two attached hydrogens (primary N) is 1. The van der Waals surface area contributed by atoms with Gasteiger partial charge in [-0.15, -0.1) is 11.3 Å². The van der Waals surface area contributed by atoms with E-state index >= 15 is 0 Å². The number of nitrogens with zero attached hydrogens (tertiary/aromatic N) is 1. The number of aromatic nitrogens is 1. The maximum Gasteiger partial charge on any atom is 0.258 e. The third-order valence-electron chi connectivity index (χ3n) is 3.83. The van der Waals surface area contributed by atoms with Crippen LogP contribution in [-0.4, -0.2) is 10.9 Å². The van der Waals surface area contributed by atoms with Crippen LogP contribution in [0.1, 0.15) is 9.67 Å². The van der Waals surface area contributed by atoms with Crippen molar-refractivity contribution in [1.82, 2.24) is 4.98 Å². The molecular formula is C20H14N2O2S. The van der Waals surface area contributed by atoms with Gasteiger partial charge < -0.3 is 10.5 Å². The van der Waals surface area contributed by atoms with Crippen molar-refractivity contribution in [3.63, 3.8) is 0 Å². The third-order valence-corrected chi connectivity index (χ3v) is 4.92. The molecule has 2 N–H and O–H groups in total. The molecule has 0 unspecified atom stereocenters. The molecule has 5 heteroatoms. The van der Waals surface area contributed by atoms with Crippen molar-refractivity contribution in [1.29, 1.82) is 0 Å². The van der Waals surface area contributed by atoms with E-state index in [4.69, 9.17) is 10.5 Å². The number of carbonyl (C=O) groups excluding carboxylic acids is 1. The zero-order chi connectivity index (χ0) is 17.2. The molecule has 0 bridgehead atoms. The summed E-state index contributed by atoms with van der Waals surface area (Å²) in [4.78, 5) is 16.2. The fourth-order valence-corrected chi connectivity index (χ4v) is 3.55. The molecule has 0 saturated carbocycles. The van der Waals surface area contributed by atoms with Gasteiger partial charge in [0.2, 0.25) is 0 Å². The maximum absolute atomic E-state index is 11.4. The van der Waals surface area contributed by atoms with Gasteiger partial charge in [0.1, 0.15) is 11.5 Å². The zero-order valence-electron chi connectivity index (χ0n) is 13.2. The van der Waals surface area contributed by atoms with Crippen LogP contribution in [0, 0.1) is 0 Å². The van der Waals surface area contributed by atoms with Crippen LogP contribution in [0.4, 0.5) is 0 Å². The molecule has 4 nitrogen and oxygen atoms in total. The molecule has 0 aliphatic heterocycles. The van der Waals surface area contributed by atoms with Gasteiger partial charge in [-0.2, -0.15) is 0 Å². The van der Waals surface area contributed by atoms with E-state index in [-0.39, 0.29) is 0 Å². The number of hydrogen-bond acceptors (Lipinski definition) is 4. The number of rotatable bonds is 4. The lowest BCUT2D eigenvalue weighted by Gasteiger charge is -2.07. The van der Waals surface area contributed by atoms with Crippen molar-refractivity contribution < 1.29 is 9.53 Å². The van der Waals surface area contributed by atoms with Crippen LogP contribution in [0.25, 0.3) is 21.2 Å². The number of carbonyl (C=O) groups is 1. The standard InChI is InChI=1S/C20H14N2O2S/c21-20(23)18-10-16-17(11-22-12-19(16)25-18)13-6-8-15(9-7-13)24-14-4-2-1-3-5-14/h1-12H,(H2,21,23). The molecule has 0 atom stereocenters. The largest absolute Gasteiger partial charge is 0.457 e. The van der Waals surface area contributed by atoms with Crippen LogP contribution >= 0.6 is 11.3 Å². The minimum Gasteiger partial charge on any atom is -0.457 e. The Kier molecular flexibility index (Phi) is 3.91. The summed E-state index contributed by atoms with van der Waals surface area (Å²) < 4.78 is 6.76. The second-order valence-corrected chi connectivity index (χ2v) is 6.60. The molecule has 122 valence electrons. The molecule has 0 spiro atoms. The van der Waals surface area contributed by atoms with Crippen molar-refractivity contribution in [2.24, 2.45) is 5.73 Å². The second kappa shape index (κ2) is 6.37. The Morgan fingerprint density at radius 2 is 1.68 bits per heavy atom. The van der Waals surface area contributed by atoms with Crippen molar-refractivity contribution in [3.8, 4) is 22.6 Å². The highest BCUT2D eigenvalue weighted by molar-refractivity contribution is 7.20. The molecule has 0 fully saturated rings. The normalized spacial score (nSPS) is 10.7. The predicted molar refractivity (Wildman–Crippen MR) is 100 cm³/mol. The Morgan fingerprint density at radius 1 is 0.960 bits per heavy atom. The average molecular weight is 346 g/mol. The lowest BCUT2D eigenvalue weighted by molar-refractivity contribution is 0.100. The number of fused-ring (bicyclic) bond motifs is 1. The summed E-state index contributed by atoms with van der Waals surface area (Å²) in [5.74, 6) is 1.14. The first-order valence-corrected chi connectivity index (χ1v) is 8.53. The van der Waals surface area contributed by atoms with Crippen LogP contribution in [0.3, 0.4) is 0 Å². The average Bonchev–Trinajstić information content (AvgIpc) is 3.08. The van der Waals surface area contributed by atoms with E-state index in [1.165, 1.54) is 11.3 Å². The molecule has 1 amide bonds. The third kappa shape index (κ3) is 3.09. The summed E-state index contributed by atoms with van der Waals surface area (Å²) in [6, 6.07) is 19.3. The van der Waals surface area contributed by atoms with Gasteiger partial charge >= 0.3 is 0 Å². The minimum absolute atomic E-state index is 0.418. The maximum atomic E-state index is 11.4. The molecule has 2 heterocycles. The number of para-hydroxylation sites is 1. The quantitative estimate of drug-likeness (QED) is 0.574. The Labute approximate surface area is 148 Å². The highest BCUT2D eigenvalue weighted by atomic mass is 32.1. The molecule has 4 rings (SSSR count). The van der Waals surface area contributed by atoms with Gasteiger partial charge in [0.25, 0.3) is 5.91 Å². The Bertz CT molecular complexity index is 1040. The molecule has 2 aromatic heterocycles. The monoisotopic (exact) mass is 346 g/mol. The number of benzene rings is 2. The molecule has 0 saturated heterocycles. The Balaban J connectivity index is 1.68. The van der Waals surface area contributed by atoms with Crippen molar-refractivity contribution in [2.75, 3.05) is 0 Å².